The molecule has 0 aromatic carbocycles. The molecule has 4 fully saturated rings. The minimum Gasteiger partial charge on any atom is -0.393 e. The van der Waals surface area contributed by atoms with Crippen molar-refractivity contribution in [1.82, 2.24) is 10.6 Å². The average Bonchev–Trinajstić information content (AvgIpc) is 3.26. The van der Waals surface area contributed by atoms with Crippen LogP contribution in [0, 0.1) is 46.3 Å². The fraction of sp³-hybridized carbons (Fsp3) is 0.971. The van der Waals surface area contributed by atoms with Gasteiger partial charge in [0, 0.05) is 12.5 Å². The number of nitrogens with one attached hydrogen (secondary N) is 2. The molecule has 10 unspecified atom stereocenters. The van der Waals surface area contributed by atoms with Gasteiger partial charge in [-0.1, -0.05) is 20.8 Å². The number of fused-ring (bicyclic) bond motifs is 5. The van der Waals surface area contributed by atoms with E-state index in [1.165, 1.54) is 57.8 Å². The number of hydrogen-bond donors (Lipinski definition) is 5. The molecule has 4 saturated carbocycles. The van der Waals surface area contributed by atoms with Gasteiger partial charge in [-0.05, 0) is 163 Å². The summed E-state index contributed by atoms with van der Waals surface area (Å²) in [4.78, 5) is 12.4. The number of aliphatic hydroxyl groups is 2. The lowest BCUT2D eigenvalue weighted by atomic mass is 9.43. The normalized spacial score (nSPS) is 40.2. The van der Waals surface area contributed by atoms with Gasteiger partial charge in [0.05, 0.1) is 6.10 Å². The molecule has 4 aliphatic carbocycles. The molecule has 6 N–H and O–H groups in total. The van der Waals surface area contributed by atoms with E-state index in [2.05, 4.69) is 31.4 Å². The number of ketones is 1. The minimum atomic E-state index is -1.23. The Hall–Kier alpha value is -0.530. The monoisotopic (exact) mass is 561 g/mol. The van der Waals surface area contributed by atoms with Gasteiger partial charge in [-0.15, -0.1) is 0 Å². The quantitative estimate of drug-likeness (QED) is 0.190. The van der Waals surface area contributed by atoms with E-state index >= 15 is 0 Å². The molecular weight excluding hydrogens is 498 g/mol. The zero-order valence-electron chi connectivity index (χ0n) is 26.5. The van der Waals surface area contributed by atoms with Crippen LogP contribution in [0.25, 0.3) is 0 Å². The Morgan fingerprint density at radius 3 is 2.40 bits per heavy atom. The van der Waals surface area contributed by atoms with Gasteiger partial charge in [-0.25, -0.2) is 0 Å². The summed E-state index contributed by atoms with van der Waals surface area (Å²) >= 11 is 0. The van der Waals surface area contributed by atoms with Crippen molar-refractivity contribution in [3.05, 3.63) is 0 Å². The molecule has 6 heteroatoms. The van der Waals surface area contributed by atoms with Crippen LogP contribution in [0.1, 0.15) is 118 Å². The van der Waals surface area contributed by atoms with Gasteiger partial charge in [-0.2, -0.15) is 0 Å². The molecule has 0 heterocycles. The third-order valence-corrected chi connectivity index (χ3v) is 12.7. The first-order chi connectivity index (χ1) is 18.9. The van der Waals surface area contributed by atoms with Crippen molar-refractivity contribution < 1.29 is 15.0 Å². The van der Waals surface area contributed by atoms with Gasteiger partial charge >= 0.3 is 0 Å². The van der Waals surface area contributed by atoms with Crippen LogP contribution >= 0.6 is 0 Å². The van der Waals surface area contributed by atoms with Crippen molar-refractivity contribution in [3.63, 3.8) is 0 Å². The van der Waals surface area contributed by atoms with E-state index in [-0.39, 0.29) is 17.3 Å². The van der Waals surface area contributed by atoms with Crippen LogP contribution in [0.3, 0.4) is 0 Å². The van der Waals surface area contributed by atoms with Gasteiger partial charge in [0.2, 0.25) is 0 Å². The van der Waals surface area contributed by atoms with E-state index in [4.69, 9.17) is 5.73 Å². The van der Waals surface area contributed by atoms with Crippen LogP contribution in [-0.2, 0) is 4.79 Å². The molecule has 0 bridgehead atoms. The molecular formula is C34H63N3O3. The van der Waals surface area contributed by atoms with Crippen molar-refractivity contribution >= 4 is 5.78 Å². The summed E-state index contributed by atoms with van der Waals surface area (Å²) in [6.45, 7) is 14.7. The second-order valence-corrected chi connectivity index (χ2v) is 15.5. The van der Waals surface area contributed by atoms with Crippen LogP contribution < -0.4 is 16.4 Å². The first-order valence-corrected chi connectivity index (χ1v) is 17.0. The Balaban J connectivity index is 1.31. The maximum absolute atomic E-state index is 12.4. The van der Waals surface area contributed by atoms with Crippen molar-refractivity contribution in [2.75, 3.05) is 26.2 Å². The van der Waals surface area contributed by atoms with Crippen molar-refractivity contribution in [2.45, 2.75) is 136 Å². The molecule has 0 aromatic rings. The molecule has 0 aliphatic heterocycles. The topological polar surface area (TPSA) is 108 Å². The molecule has 0 radical (unpaired) electrons. The summed E-state index contributed by atoms with van der Waals surface area (Å²) < 4.78 is 0. The van der Waals surface area contributed by atoms with E-state index in [9.17, 15) is 15.0 Å². The number of aliphatic hydroxyl groups excluding tert-OH is 1. The first-order valence-electron chi connectivity index (χ1n) is 17.0. The highest BCUT2D eigenvalue weighted by atomic mass is 16.3. The lowest BCUT2D eigenvalue weighted by Gasteiger charge is -2.62. The number of rotatable bonds is 14. The Morgan fingerprint density at radius 1 is 0.975 bits per heavy atom. The van der Waals surface area contributed by atoms with Crippen LogP contribution in [0.15, 0.2) is 0 Å². The second-order valence-electron chi connectivity index (χ2n) is 15.5. The van der Waals surface area contributed by atoms with Crippen molar-refractivity contribution in [1.29, 1.82) is 0 Å². The van der Waals surface area contributed by atoms with Crippen LogP contribution in [-0.4, -0.2) is 59.9 Å². The maximum atomic E-state index is 12.4. The Kier molecular flexibility index (Phi) is 10.9. The van der Waals surface area contributed by atoms with E-state index in [0.29, 0.717) is 53.4 Å². The Morgan fingerprint density at radius 2 is 1.68 bits per heavy atom. The predicted molar refractivity (Wildman–Crippen MR) is 164 cm³/mol. The van der Waals surface area contributed by atoms with Crippen LogP contribution in [0.4, 0.5) is 0 Å². The summed E-state index contributed by atoms with van der Waals surface area (Å²) in [6, 6.07) is 0.594. The Labute approximate surface area is 245 Å². The number of carbonyl (C=O) groups excluding carboxylic acids is 1. The SMILES string of the molecule is CC(CCC(=O)C(C)(C)O)C1CCC2C3C(O)CC4CC(NCCCNCCCCN)CCC4(C)C3CCC12C. The maximum Gasteiger partial charge on any atom is 0.163 e. The van der Waals surface area contributed by atoms with Gasteiger partial charge in [-0.3, -0.25) is 4.79 Å². The van der Waals surface area contributed by atoms with E-state index in [1.807, 2.05) is 0 Å². The predicted octanol–water partition coefficient (Wildman–Crippen LogP) is 5.05. The highest BCUT2D eigenvalue weighted by Crippen LogP contribution is 2.68. The molecule has 0 aromatic heterocycles. The minimum absolute atomic E-state index is 0.0375. The van der Waals surface area contributed by atoms with Crippen molar-refractivity contribution in [3.8, 4) is 0 Å². The van der Waals surface area contributed by atoms with E-state index in [0.717, 1.165) is 45.4 Å². The van der Waals surface area contributed by atoms with Gasteiger partial charge in [0.25, 0.3) is 0 Å². The molecule has 232 valence electrons. The first kappa shape index (κ1) is 32.4. The number of unbranched alkanes of at least 4 members (excludes halogenated alkanes) is 1. The smallest absolute Gasteiger partial charge is 0.163 e. The lowest BCUT2D eigenvalue weighted by molar-refractivity contribution is -0.167. The molecule has 6 nitrogen and oxygen atoms in total. The van der Waals surface area contributed by atoms with Gasteiger partial charge in [0.15, 0.2) is 5.78 Å². The third kappa shape index (κ3) is 6.82. The summed E-state index contributed by atoms with van der Waals surface area (Å²) in [6.07, 6.45) is 14.3. The standard InChI is InChI=1S/C34H63N3O3/c1-23(9-12-30(39)32(2,3)40)26-10-11-27-31-28(14-16-34(26,27)5)33(4)15-13-25(21-24(33)22-29(31)38)37-20-8-19-36-18-7-6-17-35/h23-29,31,36-38,40H,6-22,35H2,1-5H3. The third-order valence-electron chi connectivity index (χ3n) is 12.7. The van der Waals surface area contributed by atoms with Gasteiger partial charge < -0.3 is 26.6 Å². The summed E-state index contributed by atoms with van der Waals surface area (Å²) in [7, 11) is 0. The number of hydrogen-bond acceptors (Lipinski definition) is 6. The molecule has 0 saturated heterocycles. The zero-order valence-corrected chi connectivity index (χ0v) is 26.5. The second kappa shape index (κ2) is 13.4. The van der Waals surface area contributed by atoms with E-state index < -0.39 is 5.60 Å². The van der Waals surface area contributed by atoms with Crippen LogP contribution in [0.5, 0.6) is 0 Å². The summed E-state index contributed by atoms with van der Waals surface area (Å²) in [5.41, 5.74) is 4.97. The highest BCUT2D eigenvalue weighted by molar-refractivity contribution is 5.86. The molecule has 0 spiro atoms. The molecule has 40 heavy (non-hydrogen) atoms. The molecule has 10 atom stereocenters. The summed E-state index contributed by atoms with van der Waals surface area (Å²) in [5, 5.41) is 29.2. The van der Waals surface area contributed by atoms with Gasteiger partial charge in [0.1, 0.15) is 5.60 Å². The van der Waals surface area contributed by atoms with Crippen molar-refractivity contribution in [2.24, 2.45) is 52.1 Å². The average molecular weight is 562 g/mol. The Bertz CT molecular complexity index is 830. The zero-order chi connectivity index (χ0) is 29.1. The lowest BCUT2D eigenvalue weighted by Crippen LogP contribution is -2.59. The number of carbonyl (C=O) groups is 1. The fourth-order valence-corrected chi connectivity index (χ4v) is 10.3. The largest absolute Gasteiger partial charge is 0.393 e. The molecule has 0 amide bonds. The molecule has 4 aliphatic rings. The molecule has 4 rings (SSSR count). The number of Topliss-reactive ketones (excluding diaryl/α,β-unsaturated/α-hetero) is 1. The van der Waals surface area contributed by atoms with E-state index in [1.54, 1.807) is 13.8 Å². The summed E-state index contributed by atoms with van der Waals surface area (Å²) in [5.74, 6) is 3.35. The highest BCUT2D eigenvalue weighted by Gasteiger charge is 2.62. The van der Waals surface area contributed by atoms with Crippen LogP contribution in [0.2, 0.25) is 0 Å². The number of nitrogens with two attached hydrogens (primary N) is 1. The fourth-order valence-electron chi connectivity index (χ4n) is 10.3.